The average Bonchev–Trinajstić information content (AvgIpc) is 3.12. The molecule has 0 spiro atoms. The molecule has 7 heteroatoms. The Morgan fingerprint density at radius 2 is 2.24 bits per heavy atom. The van der Waals surface area contributed by atoms with Crippen LogP contribution >= 0.6 is 11.3 Å². The molecule has 104 valence electrons. The quantitative estimate of drug-likeness (QED) is 0.742. The number of thiazole rings is 1. The zero-order valence-corrected chi connectivity index (χ0v) is 12.3. The molecule has 0 saturated heterocycles. The third-order valence-corrected chi connectivity index (χ3v) is 3.84. The summed E-state index contributed by atoms with van der Waals surface area (Å²) < 4.78 is 6.82. The number of nitrogens with zero attached hydrogens (tertiary/aromatic N) is 5. The number of hydrogen-bond acceptors (Lipinski definition) is 6. The molecule has 0 unspecified atom stereocenters. The topological polar surface area (TPSA) is 76.6 Å². The third kappa shape index (κ3) is 2.37. The Hall–Kier alpha value is -2.72. The van der Waals surface area contributed by atoms with E-state index in [1.807, 2.05) is 36.6 Å². The van der Waals surface area contributed by atoms with Crippen LogP contribution in [0.3, 0.4) is 0 Å². The Kier molecular flexibility index (Phi) is 3.38. The number of hydrogen-bond donors (Lipinski definition) is 0. The SMILES string of the molecule is COc1cccc(-c2c(C#N)nnn2-c2nc(C)cs2)c1. The van der Waals surface area contributed by atoms with Crippen molar-refractivity contribution in [2.24, 2.45) is 0 Å². The smallest absolute Gasteiger partial charge is 0.212 e. The van der Waals surface area contributed by atoms with E-state index in [-0.39, 0.29) is 5.69 Å². The van der Waals surface area contributed by atoms with Crippen molar-refractivity contribution in [3.8, 4) is 28.2 Å². The molecule has 2 aromatic heterocycles. The van der Waals surface area contributed by atoms with Gasteiger partial charge in [0, 0.05) is 10.9 Å². The van der Waals surface area contributed by atoms with Crippen LogP contribution in [0.1, 0.15) is 11.4 Å². The van der Waals surface area contributed by atoms with E-state index < -0.39 is 0 Å². The van der Waals surface area contributed by atoms with E-state index in [4.69, 9.17) is 4.74 Å². The first-order valence-electron chi connectivity index (χ1n) is 6.15. The maximum absolute atomic E-state index is 9.26. The Labute approximate surface area is 125 Å². The molecule has 1 aromatic carbocycles. The number of rotatable bonds is 3. The lowest BCUT2D eigenvalue weighted by molar-refractivity contribution is 0.415. The summed E-state index contributed by atoms with van der Waals surface area (Å²) in [5, 5.41) is 19.9. The Balaban J connectivity index is 2.21. The van der Waals surface area contributed by atoms with Crippen LogP contribution in [0.4, 0.5) is 0 Å². The number of ether oxygens (including phenoxy) is 1. The van der Waals surface area contributed by atoms with Crippen LogP contribution in [0.15, 0.2) is 29.6 Å². The third-order valence-electron chi connectivity index (χ3n) is 2.91. The van der Waals surface area contributed by atoms with Crippen LogP contribution in [-0.4, -0.2) is 27.1 Å². The van der Waals surface area contributed by atoms with Crippen molar-refractivity contribution in [1.82, 2.24) is 20.0 Å². The van der Waals surface area contributed by atoms with Crippen molar-refractivity contribution in [3.05, 3.63) is 41.0 Å². The fourth-order valence-electron chi connectivity index (χ4n) is 1.96. The first kappa shape index (κ1) is 13.3. The molecule has 0 saturated carbocycles. The fraction of sp³-hybridized carbons (Fsp3) is 0.143. The second-order valence-electron chi connectivity index (χ2n) is 4.31. The highest BCUT2D eigenvalue weighted by atomic mass is 32.1. The Morgan fingerprint density at radius 3 is 2.90 bits per heavy atom. The molecule has 0 N–H and O–H groups in total. The lowest BCUT2D eigenvalue weighted by Crippen LogP contribution is -1.99. The van der Waals surface area contributed by atoms with Crippen molar-refractivity contribution in [1.29, 1.82) is 5.26 Å². The first-order chi connectivity index (χ1) is 10.2. The molecule has 0 atom stereocenters. The normalized spacial score (nSPS) is 10.3. The number of nitriles is 1. The molecule has 0 bridgehead atoms. The summed E-state index contributed by atoms with van der Waals surface area (Å²) in [4.78, 5) is 4.40. The summed E-state index contributed by atoms with van der Waals surface area (Å²) in [5.41, 5.74) is 2.59. The van der Waals surface area contributed by atoms with E-state index in [0.717, 1.165) is 11.3 Å². The van der Waals surface area contributed by atoms with Gasteiger partial charge in [0.2, 0.25) is 5.13 Å². The molecule has 6 nitrogen and oxygen atoms in total. The van der Waals surface area contributed by atoms with Crippen LogP contribution in [-0.2, 0) is 0 Å². The monoisotopic (exact) mass is 297 g/mol. The predicted molar refractivity (Wildman–Crippen MR) is 78.5 cm³/mol. The van der Waals surface area contributed by atoms with Gasteiger partial charge in [-0.2, -0.15) is 9.94 Å². The molecular formula is C14H11N5OS. The minimum Gasteiger partial charge on any atom is -0.497 e. The average molecular weight is 297 g/mol. The van der Waals surface area contributed by atoms with Gasteiger partial charge in [-0.15, -0.1) is 16.4 Å². The Morgan fingerprint density at radius 1 is 1.38 bits per heavy atom. The standard InChI is InChI=1S/C14H11N5OS/c1-9-8-21-14(16-9)19-13(12(7-15)17-18-19)10-4-3-5-11(6-10)20-2/h3-6,8H,1-2H3. The van der Waals surface area contributed by atoms with Gasteiger partial charge < -0.3 is 4.74 Å². The molecule has 0 aliphatic carbocycles. The number of benzene rings is 1. The van der Waals surface area contributed by atoms with Crippen molar-refractivity contribution in [2.45, 2.75) is 6.92 Å². The van der Waals surface area contributed by atoms with E-state index in [1.165, 1.54) is 11.3 Å². The molecule has 0 aliphatic rings. The molecule has 0 fully saturated rings. The molecule has 3 rings (SSSR count). The number of aryl methyl sites for hydroxylation is 1. The zero-order valence-electron chi connectivity index (χ0n) is 11.4. The van der Waals surface area contributed by atoms with Crippen LogP contribution in [0.2, 0.25) is 0 Å². The lowest BCUT2D eigenvalue weighted by atomic mass is 10.1. The van der Waals surface area contributed by atoms with Gasteiger partial charge in [0.05, 0.1) is 12.8 Å². The molecule has 0 amide bonds. The van der Waals surface area contributed by atoms with Gasteiger partial charge in [0.25, 0.3) is 0 Å². The highest BCUT2D eigenvalue weighted by Gasteiger charge is 2.18. The summed E-state index contributed by atoms with van der Waals surface area (Å²) in [6.07, 6.45) is 0. The maximum atomic E-state index is 9.26. The van der Waals surface area contributed by atoms with E-state index >= 15 is 0 Å². The van der Waals surface area contributed by atoms with Gasteiger partial charge >= 0.3 is 0 Å². The summed E-state index contributed by atoms with van der Waals surface area (Å²) in [5.74, 6) is 0.708. The summed E-state index contributed by atoms with van der Waals surface area (Å²) in [7, 11) is 1.60. The second kappa shape index (κ2) is 5.34. The van der Waals surface area contributed by atoms with Gasteiger partial charge in [-0.1, -0.05) is 17.3 Å². The minimum atomic E-state index is 0.260. The molecule has 3 aromatic rings. The lowest BCUT2D eigenvalue weighted by Gasteiger charge is -2.05. The van der Waals surface area contributed by atoms with Crippen LogP contribution in [0, 0.1) is 18.3 Å². The minimum absolute atomic E-state index is 0.260. The van der Waals surface area contributed by atoms with Crippen molar-refractivity contribution in [3.63, 3.8) is 0 Å². The van der Waals surface area contributed by atoms with E-state index in [1.54, 1.807) is 11.8 Å². The first-order valence-corrected chi connectivity index (χ1v) is 7.03. The summed E-state index contributed by atoms with van der Waals surface area (Å²) in [6.45, 7) is 1.91. The highest BCUT2D eigenvalue weighted by molar-refractivity contribution is 7.12. The van der Waals surface area contributed by atoms with Crippen LogP contribution in [0.25, 0.3) is 16.4 Å². The van der Waals surface area contributed by atoms with E-state index in [9.17, 15) is 5.26 Å². The van der Waals surface area contributed by atoms with E-state index in [0.29, 0.717) is 16.6 Å². The van der Waals surface area contributed by atoms with Crippen molar-refractivity contribution in [2.75, 3.05) is 7.11 Å². The fourth-order valence-corrected chi connectivity index (χ4v) is 2.71. The number of aromatic nitrogens is 4. The molecule has 0 aliphatic heterocycles. The van der Waals surface area contributed by atoms with Crippen LogP contribution in [0.5, 0.6) is 5.75 Å². The van der Waals surface area contributed by atoms with Crippen LogP contribution < -0.4 is 4.74 Å². The second-order valence-corrected chi connectivity index (χ2v) is 5.15. The van der Waals surface area contributed by atoms with Gasteiger partial charge in [0.15, 0.2) is 5.69 Å². The summed E-state index contributed by atoms with van der Waals surface area (Å²) in [6, 6.07) is 9.51. The zero-order chi connectivity index (χ0) is 14.8. The summed E-state index contributed by atoms with van der Waals surface area (Å²) >= 11 is 1.45. The maximum Gasteiger partial charge on any atom is 0.212 e. The molecule has 21 heavy (non-hydrogen) atoms. The molecule has 2 heterocycles. The van der Waals surface area contributed by atoms with Gasteiger partial charge in [-0.05, 0) is 19.1 Å². The molecular weight excluding hydrogens is 286 g/mol. The van der Waals surface area contributed by atoms with Gasteiger partial charge in [0.1, 0.15) is 17.5 Å². The molecule has 0 radical (unpaired) electrons. The van der Waals surface area contributed by atoms with Gasteiger partial charge in [-0.25, -0.2) is 4.98 Å². The highest BCUT2D eigenvalue weighted by Crippen LogP contribution is 2.28. The Bertz CT molecular complexity index is 830. The number of methoxy groups -OCH3 is 1. The van der Waals surface area contributed by atoms with Crippen molar-refractivity contribution >= 4 is 11.3 Å². The van der Waals surface area contributed by atoms with Crippen molar-refractivity contribution < 1.29 is 4.74 Å². The van der Waals surface area contributed by atoms with Gasteiger partial charge in [-0.3, -0.25) is 0 Å². The largest absolute Gasteiger partial charge is 0.497 e. The predicted octanol–water partition coefficient (Wildman–Crippen LogP) is 2.58. The van der Waals surface area contributed by atoms with E-state index in [2.05, 4.69) is 21.4 Å².